The van der Waals surface area contributed by atoms with E-state index in [0.29, 0.717) is 5.75 Å². The zero-order valence-corrected chi connectivity index (χ0v) is 13.4. The first-order valence-electron chi connectivity index (χ1n) is 7.98. The number of carbonyl (C=O) groups is 1. The Morgan fingerprint density at radius 2 is 1.88 bits per heavy atom. The van der Waals surface area contributed by atoms with Crippen LogP contribution in [-0.4, -0.2) is 48.4 Å². The van der Waals surface area contributed by atoms with Crippen molar-refractivity contribution in [3.63, 3.8) is 0 Å². The van der Waals surface area contributed by atoms with Crippen LogP contribution in [0.2, 0.25) is 0 Å². The third-order valence-electron chi connectivity index (χ3n) is 4.55. The van der Waals surface area contributed by atoms with Gasteiger partial charge in [-0.25, -0.2) is 0 Å². The molecule has 4 nitrogen and oxygen atoms in total. The van der Waals surface area contributed by atoms with Crippen LogP contribution in [0, 0.1) is 11.8 Å². The summed E-state index contributed by atoms with van der Waals surface area (Å²) in [7, 11) is 0. The number of aliphatic carboxylic acids is 1. The van der Waals surface area contributed by atoms with Crippen molar-refractivity contribution < 1.29 is 27.8 Å². The van der Waals surface area contributed by atoms with Crippen molar-refractivity contribution in [1.82, 2.24) is 4.90 Å². The molecule has 1 aliphatic rings. The highest BCUT2D eigenvalue weighted by Crippen LogP contribution is 2.37. The number of nitrogens with zero attached hydrogens (tertiary/aromatic N) is 1. The molecule has 0 spiro atoms. The number of fused-ring (bicyclic) bond motifs is 1. The maximum atomic E-state index is 13.0. The average molecular weight is 353 g/mol. The molecule has 2 atom stereocenters. The van der Waals surface area contributed by atoms with Crippen molar-refractivity contribution in [3.8, 4) is 5.75 Å². The number of benzene rings is 2. The molecule has 7 heteroatoms. The molecule has 0 radical (unpaired) electrons. The van der Waals surface area contributed by atoms with Gasteiger partial charge >= 0.3 is 12.1 Å². The molecule has 0 bridgehead atoms. The lowest BCUT2D eigenvalue weighted by molar-refractivity contribution is -0.188. The van der Waals surface area contributed by atoms with Crippen LogP contribution in [0.4, 0.5) is 13.2 Å². The van der Waals surface area contributed by atoms with Crippen molar-refractivity contribution in [1.29, 1.82) is 0 Å². The molecule has 0 saturated carbocycles. The fraction of sp³-hybridized carbons (Fsp3) is 0.389. The first-order chi connectivity index (χ1) is 11.9. The van der Waals surface area contributed by atoms with Crippen molar-refractivity contribution in [2.24, 2.45) is 11.8 Å². The van der Waals surface area contributed by atoms with E-state index >= 15 is 0 Å². The molecule has 1 heterocycles. The Balaban J connectivity index is 1.61. The largest absolute Gasteiger partial charge is 0.492 e. The molecular weight excluding hydrogens is 335 g/mol. The van der Waals surface area contributed by atoms with Gasteiger partial charge in [-0.3, -0.25) is 9.69 Å². The molecule has 1 N–H and O–H groups in total. The SMILES string of the molecule is O=C(O)[C@@H]1CN(CCOc2cccc3ccccc23)C[C@H]1C(F)(F)F. The van der Waals surface area contributed by atoms with Crippen LogP contribution in [0.1, 0.15) is 0 Å². The smallest absolute Gasteiger partial charge is 0.393 e. The summed E-state index contributed by atoms with van der Waals surface area (Å²) in [4.78, 5) is 12.6. The zero-order chi connectivity index (χ0) is 18.0. The van der Waals surface area contributed by atoms with Gasteiger partial charge in [0, 0.05) is 25.0 Å². The normalized spacial score (nSPS) is 21.6. The number of carboxylic acids is 1. The van der Waals surface area contributed by atoms with Gasteiger partial charge in [0.25, 0.3) is 0 Å². The number of ether oxygens (including phenoxy) is 1. The number of carboxylic acid groups (broad SMARTS) is 1. The predicted octanol–water partition coefficient (Wildman–Crippen LogP) is 3.41. The topological polar surface area (TPSA) is 49.8 Å². The zero-order valence-electron chi connectivity index (χ0n) is 13.4. The van der Waals surface area contributed by atoms with Crippen molar-refractivity contribution in [3.05, 3.63) is 42.5 Å². The number of rotatable bonds is 5. The minimum atomic E-state index is -4.51. The molecule has 3 rings (SSSR count). The van der Waals surface area contributed by atoms with Crippen LogP contribution in [0.3, 0.4) is 0 Å². The monoisotopic (exact) mass is 353 g/mol. The van der Waals surface area contributed by atoms with Crippen molar-refractivity contribution in [2.45, 2.75) is 6.18 Å². The fourth-order valence-corrected chi connectivity index (χ4v) is 3.26. The van der Waals surface area contributed by atoms with Gasteiger partial charge < -0.3 is 9.84 Å². The average Bonchev–Trinajstić information content (AvgIpc) is 3.00. The van der Waals surface area contributed by atoms with Gasteiger partial charge in [-0.05, 0) is 11.5 Å². The molecule has 2 aromatic carbocycles. The summed E-state index contributed by atoms with van der Waals surface area (Å²) in [6.07, 6.45) is -4.51. The maximum absolute atomic E-state index is 13.0. The van der Waals surface area contributed by atoms with Crippen LogP contribution >= 0.6 is 0 Å². The molecular formula is C18H18F3NO3. The molecule has 0 aliphatic carbocycles. The second kappa shape index (κ2) is 6.92. The fourth-order valence-electron chi connectivity index (χ4n) is 3.26. The summed E-state index contributed by atoms with van der Waals surface area (Å²) in [6.45, 7) is 0.0300. The quantitative estimate of drug-likeness (QED) is 0.895. The maximum Gasteiger partial charge on any atom is 0.393 e. The lowest BCUT2D eigenvalue weighted by Crippen LogP contribution is -2.33. The van der Waals surface area contributed by atoms with E-state index in [4.69, 9.17) is 9.84 Å². The Morgan fingerprint density at radius 1 is 1.16 bits per heavy atom. The second-order valence-corrected chi connectivity index (χ2v) is 6.18. The van der Waals surface area contributed by atoms with E-state index in [1.54, 1.807) is 0 Å². The Labute approximate surface area is 142 Å². The highest BCUT2D eigenvalue weighted by molar-refractivity contribution is 5.88. The molecule has 1 aliphatic heterocycles. The summed E-state index contributed by atoms with van der Waals surface area (Å²) < 4.78 is 44.7. The van der Waals surface area contributed by atoms with Gasteiger partial charge in [-0.1, -0.05) is 36.4 Å². The molecule has 1 fully saturated rings. The number of alkyl halides is 3. The standard InChI is InChI=1S/C18H18F3NO3/c19-18(20,21)15-11-22(10-14(15)17(23)24)8-9-25-16-7-3-5-12-4-1-2-6-13(12)16/h1-7,14-15H,8-11H2,(H,23,24)/t14-,15-/m1/s1. The summed E-state index contributed by atoms with van der Waals surface area (Å²) in [5.74, 6) is -3.99. The van der Waals surface area contributed by atoms with E-state index in [0.717, 1.165) is 10.8 Å². The van der Waals surface area contributed by atoms with E-state index in [9.17, 15) is 18.0 Å². The van der Waals surface area contributed by atoms with Gasteiger partial charge in [0.15, 0.2) is 0 Å². The first-order valence-corrected chi connectivity index (χ1v) is 7.98. The van der Waals surface area contributed by atoms with Gasteiger partial charge in [-0.2, -0.15) is 13.2 Å². The number of hydrogen-bond acceptors (Lipinski definition) is 3. The number of halogens is 3. The minimum absolute atomic E-state index is 0.113. The van der Waals surface area contributed by atoms with Crippen LogP contribution in [0.5, 0.6) is 5.75 Å². The Kier molecular flexibility index (Phi) is 4.85. The van der Waals surface area contributed by atoms with Crippen LogP contribution < -0.4 is 4.74 Å². The Bertz CT molecular complexity index is 757. The molecule has 25 heavy (non-hydrogen) atoms. The Morgan fingerprint density at radius 3 is 2.56 bits per heavy atom. The van der Waals surface area contributed by atoms with Gasteiger partial charge in [-0.15, -0.1) is 0 Å². The summed E-state index contributed by atoms with van der Waals surface area (Å²) in [5, 5.41) is 11.0. The van der Waals surface area contributed by atoms with Crippen LogP contribution in [0.15, 0.2) is 42.5 Å². The molecule has 0 aromatic heterocycles. The van der Waals surface area contributed by atoms with Gasteiger partial charge in [0.05, 0.1) is 11.8 Å². The van der Waals surface area contributed by atoms with Gasteiger partial charge in [0.1, 0.15) is 12.4 Å². The molecule has 0 unspecified atom stereocenters. The van der Waals surface area contributed by atoms with Crippen LogP contribution in [-0.2, 0) is 4.79 Å². The van der Waals surface area contributed by atoms with E-state index in [1.165, 1.54) is 4.90 Å². The lowest BCUT2D eigenvalue weighted by Gasteiger charge is -2.18. The minimum Gasteiger partial charge on any atom is -0.492 e. The third-order valence-corrected chi connectivity index (χ3v) is 4.55. The first kappa shape index (κ1) is 17.5. The van der Waals surface area contributed by atoms with Gasteiger partial charge in [0.2, 0.25) is 0 Å². The number of hydrogen-bond donors (Lipinski definition) is 1. The van der Waals surface area contributed by atoms with E-state index in [2.05, 4.69) is 0 Å². The summed E-state index contributed by atoms with van der Waals surface area (Å²) >= 11 is 0. The van der Waals surface area contributed by atoms with Crippen LogP contribution in [0.25, 0.3) is 10.8 Å². The van der Waals surface area contributed by atoms with Crippen molar-refractivity contribution >= 4 is 16.7 Å². The molecule has 2 aromatic rings. The molecule has 1 saturated heterocycles. The van der Waals surface area contributed by atoms with E-state index in [1.807, 2.05) is 42.5 Å². The van der Waals surface area contributed by atoms with E-state index < -0.39 is 24.0 Å². The molecule has 0 amide bonds. The summed E-state index contributed by atoms with van der Waals surface area (Å²) in [5.41, 5.74) is 0. The Hall–Kier alpha value is -2.28. The van der Waals surface area contributed by atoms with E-state index in [-0.39, 0.29) is 26.2 Å². The highest BCUT2D eigenvalue weighted by atomic mass is 19.4. The third kappa shape index (κ3) is 3.87. The molecule has 134 valence electrons. The highest BCUT2D eigenvalue weighted by Gasteiger charge is 2.52. The van der Waals surface area contributed by atoms with Crippen molar-refractivity contribution in [2.75, 3.05) is 26.2 Å². The lowest BCUT2D eigenvalue weighted by atomic mass is 9.96. The number of likely N-dealkylation sites (tertiary alicyclic amines) is 1. The predicted molar refractivity (Wildman–Crippen MR) is 86.6 cm³/mol. The second-order valence-electron chi connectivity index (χ2n) is 6.18. The summed E-state index contributed by atoms with van der Waals surface area (Å²) in [6, 6.07) is 13.3.